The monoisotopic (exact) mass is 940 g/mol. The SMILES string of the molecule is CC(C)(C)[Si](OC[C@H]1O[C@H](O)[C@H](OCc2ccccc2)[C@@H](OCc2ccccc2)[C@@H]1O[C@H]1O[C@H](CO)[C@@H](O)[C@H](OCc2ccccc2)[C@H]1OCc1ccccc1)(c1ccccc1)c1ccccc1. The number of rotatable bonds is 20. The molecule has 0 amide bonds. The van der Waals surface area contributed by atoms with Crippen molar-refractivity contribution in [2.75, 3.05) is 13.2 Å². The molecule has 12 heteroatoms. The minimum atomic E-state index is -3.18. The smallest absolute Gasteiger partial charge is 0.261 e. The van der Waals surface area contributed by atoms with E-state index in [0.717, 1.165) is 32.6 Å². The summed E-state index contributed by atoms with van der Waals surface area (Å²) in [6, 6.07) is 59.4. The zero-order valence-electron chi connectivity index (χ0n) is 38.9. The van der Waals surface area contributed by atoms with Gasteiger partial charge in [-0.05, 0) is 37.7 Å². The van der Waals surface area contributed by atoms with E-state index in [-0.39, 0.29) is 38.1 Å². The summed E-state index contributed by atoms with van der Waals surface area (Å²) < 4.78 is 54.7. The van der Waals surface area contributed by atoms with Crippen LogP contribution in [0, 0.1) is 0 Å². The lowest BCUT2D eigenvalue weighted by Crippen LogP contribution is -2.69. The quantitative estimate of drug-likeness (QED) is 0.0679. The molecule has 2 saturated heterocycles. The van der Waals surface area contributed by atoms with Gasteiger partial charge in [0.2, 0.25) is 0 Å². The van der Waals surface area contributed by atoms with E-state index >= 15 is 0 Å². The molecule has 0 saturated carbocycles. The second-order valence-electron chi connectivity index (χ2n) is 18.4. The molecule has 0 bridgehead atoms. The fourth-order valence-electron chi connectivity index (χ4n) is 9.27. The van der Waals surface area contributed by atoms with E-state index in [9.17, 15) is 15.3 Å². The van der Waals surface area contributed by atoms with E-state index in [1.807, 2.05) is 158 Å². The Labute approximate surface area is 401 Å². The minimum Gasteiger partial charge on any atom is -0.405 e. The summed E-state index contributed by atoms with van der Waals surface area (Å²) in [6.07, 6.45) is -11.3. The molecule has 0 radical (unpaired) electrons. The molecule has 0 aliphatic carbocycles. The Morgan fingerprint density at radius 1 is 0.456 bits per heavy atom. The zero-order valence-corrected chi connectivity index (χ0v) is 39.9. The largest absolute Gasteiger partial charge is 0.405 e. The zero-order chi connectivity index (χ0) is 47.4. The molecule has 10 atom stereocenters. The van der Waals surface area contributed by atoms with Crippen LogP contribution in [0.4, 0.5) is 0 Å². The van der Waals surface area contributed by atoms with Crippen LogP contribution in [0.5, 0.6) is 0 Å². The van der Waals surface area contributed by atoms with Crippen molar-refractivity contribution < 1.29 is 52.9 Å². The van der Waals surface area contributed by atoms with Crippen molar-refractivity contribution in [3.05, 3.63) is 204 Å². The second kappa shape index (κ2) is 23.6. The molecular formula is C56H64O11Si. The summed E-state index contributed by atoms with van der Waals surface area (Å²) in [6.45, 7) is 6.59. The van der Waals surface area contributed by atoms with Crippen LogP contribution < -0.4 is 10.4 Å². The minimum absolute atomic E-state index is 0.0339. The number of aliphatic hydroxyl groups is 3. The average molecular weight is 941 g/mol. The van der Waals surface area contributed by atoms with Crippen molar-refractivity contribution in [2.24, 2.45) is 0 Å². The molecule has 2 aliphatic rings. The van der Waals surface area contributed by atoms with Crippen molar-refractivity contribution in [1.29, 1.82) is 0 Å². The highest BCUT2D eigenvalue weighted by molar-refractivity contribution is 6.99. The van der Waals surface area contributed by atoms with Gasteiger partial charge in [0.05, 0.1) is 39.6 Å². The summed E-state index contributed by atoms with van der Waals surface area (Å²) >= 11 is 0. The third-order valence-electron chi connectivity index (χ3n) is 12.7. The molecule has 68 heavy (non-hydrogen) atoms. The Bertz CT molecular complexity index is 2320. The van der Waals surface area contributed by atoms with E-state index in [1.165, 1.54) is 0 Å². The molecule has 358 valence electrons. The first-order valence-electron chi connectivity index (χ1n) is 23.4. The summed E-state index contributed by atoms with van der Waals surface area (Å²) in [5.74, 6) is 0. The molecule has 0 aromatic heterocycles. The maximum absolute atomic E-state index is 12.2. The summed E-state index contributed by atoms with van der Waals surface area (Å²) in [4.78, 5) is 0. The lowest BCUT2D eigenvalue weighted by Gasteiger charge is -2.50. The topological polar surface area (TPSA) is 135 Å². The molecule has 6 aromatic rings. The molecule has 2 fully saturated rings. The Morgan fingerprint density at radius 2 is 0.838 bits per heavy atom. The molecule has 0 spiro atoms. The van der Waals surface area contributed by atoms with Crippen molar-refractivity contribution in [3.8, 4) is 0 Å². The summed E-state index contributed by atoms with van der Waals surface area (Å²) in [7, 11) is -3.18. The number of benzene rings is 6. The highest BCUT2D eigenvalue weighted by Crippen LogP contribution is 2.39. The van der Waals surface area contributed by atoms with Crippen LogP contribution in [0.2, 0.25) is 5.04 Å². The Morgan fingerprint density at radius 3 is 1.25 bits per heavy atom. The third-order valence-corrected chi connectivity index (χ3v) is 17.7. The number of hydrogen-bond donors (Lipinski definition) is 3. The van der Waals surface area contributed by atoms with Crippen LogP contribution in [-0.2, 0) is 64.0 Å². The first-order valence-corrected chi connectivity index (χ1v) is 25.4. The van der Waals surface area contributed by atoms with Crippen LogP contribution in [0.15, 0.2) is 182 Å². The van der Waals surface area contributed by atoms with Crippen molar-refractivity contribution in [2.45, 2.75) is 114 Å². The maximum Gasteiger partial charge on any atom is 0.261 e. The average Bonchev–Trinajstić information content (AvgIpc) is 3.37. The first-order chi connectivity index (χ1) is 33.1. The summed E-state index contributed by atoms with van der Waals surface area (Å²) in [5.41, 5.74) is 3.55. The van der Waals surface area contributed by atoms with Crippen LogP contribution in [0.25, 0.3) is 0 Å². The van der Waals surface area contributed by atoms with Crippen LogP contribution in [-0.4, -0.2) is 98.3 Å². The number of ether oxygens (including phenoxy) is 7. The fraction of sp³-hybridized carbons (Fsp3) is 0.357. The lowest BCUT2D eigenvalue weighted by molar-refractivity contribution is -0.370. The highest BCUT2D eigenvalue weighted by atomic mass is 28.4. The molecule has 11 nitrogen and oxygen atoms in total. The van der Waals surface area contributed by atoms with E-state index in [0.29, 0.717) is 0 Å². The van der Waals surface area contributed by atoms with Gasteiger partial charge in [-0.3, -0.25) is 0 Å². The standard InChI is InChI=1S/C56H64O11Si/c1-56(2,3)68(44-30-18-8-19-31-44,45-32-20-9-21-33-45)64-39-47-49(51(61-36-41-24-12-5-13-25-41)52(54(59)65-47)62-37-42-26-14-6-15-27-42)67-55-53(63-38-43-28-16-7-17-29-43)50(48(58)46(34-57)66-55)60-35-40-22-10-4-11-23-40/h4-33,46-55,57-59H,34-39H2,1-3H3/t46-,47-,48-,49-,50+,51+,52-,53-,54+,55-/m1/s1. The number of aliphatic hydroxyl groups excluding tert-OH is 3. The van der Waals surface area contributed by atoms with Gasteiger partial charge in [0.1, 0.15) is 48.8 Å². The second-order valence-corrected chi connectivity index (χ2v) is 22.7. The first kappa shape index (κ1) is 49.5. The van der Waals surface area contributed by atoms with Gasteiger partial charge in [0.15, 0.2) is 12.6 Å². The third kappa shape index (κ3) is 11.9. The van der Waals surface area contributed by atoms with Crippen LogP contribution in [0.1, 0.15) is 43.0 Å². The van der Waals surface area contributed by atoms with Gasteiger partial charge in [-0.2, -0.15) is 0 Å². The van der Waals surface area contributed by atoms with Crippen molar-refractivity contribution in [1.82, 2.24) is 0 Å². The van der Waals surface area contributed by atoms with Gasteiger partial charge in [0, 0.05) is 0 Å². The summed E-state index contributed by atoms with van der Waals surface area (Å²) in [5, 5.41) is 36.5. The van der Waals surface area contributed by atoms with E-state index in [2.05, 4.69) is 45.0 Å². The van der Waals surface area contributed by atoms with E-state index in [1.54, 1.807) is 0 Å². The van der Waals surface area contributed by atoms with Gasteiger partial charge in [-0.25, -0.2) is 0 Å². The number of hydrogen-bond acceptors (Lipinski definition) is 11. The fourth-order valence-corrected chi connectivity index (χ4v) is 13.8. The molecule has 3 N–H and O–H groups in total. The van der Waals surface area contributed by atoms with Crippen molar-refractivity contribution in [3.63, 3.8) is 0 Å². The van der Waals surface area contributed by atoms with Crippen LogP contribution in [0.3, 0.4) is 0 Å². The molecule has 6 aromatic carbocycles. The predicted octanol–water partition coefficient (Wildman–Crippen LogP) is 7.09. The van der Waals surface area contributed by atoms with Crippen LogP contribution >= 0.6 is 0 Å². The lowest BCUT2D eigenvalue weighted by atomic mass is 9.96. The molecular weight excluding hydrogens is 877 g/mol. The van der Waals surface area contributed by atoms with Gasteiger partial charge >= 0.3 is 0 Å². The van der Waals surface area contributed by atoms with Gasteiger partial charge < -0.3 is 52.9 Å². The molecule has 2 heterocycles. The molecule has 2 aliphatic heterocycles. The molecule has 0 unspecified atom stereocenters. The maximum atomic E-state index is 12.2. The van der Waals surface area contributed by atoms with E-state index in [4.69, 9.17) is 37.6 Å². The Kier molecular flexibility index (Phi) is 17.2. The normalized spacial score (nSPS) is 25.5. The van der Waals surface area contributed by atoms with E-state index < -0.39 is 76.3 Å². The van der Waals surface area contributed by atoms with Gasteiger partial charge in [0.25, 0.3) is 8.32 Å². The molecule has 8 rings (SSSR count). The highest BCUT2D eigenvalue weighted by Gasteiger charge is 2.56. The van der Waals surface area contributed by atoms with Gasteiger partial charge in [-0.1, -0.05) is 203 Å². The Hall–Kier alpha value is -4.90. The predicted molar refractivity (Wildman–Crippen MR) is 261 cm³/mol. The van der Waals surface area contributed by atoms with Gasteiger partial charge in [-0.15, -0.1) is 0 Å². The van der Waals surface area contributed by atoms with Crippen molar-refractivity contribution >= 4 is 18.7 Å². The Balaban J connectivity index is 1.21.